The fraction of sp³-hybridized carbons (Fsp3) is 0.439. The molecule has 1 unspecified atom stereocenters. The maximum atomic E-state index is 12.4. The highest BCUT2D eigenvalue weighted by Gasteiger charge is 2.25. The number of nitrogens with zero attached hydrogens (tertiary/aromatic N) is 1. The highest BCUT2D eigenvalue weighted by molar-refractivity contribution is 6.12. The predicted octanol–water partition coefficient (Wildman–Crippen LogP) is 10.9. The summed E-state index contributed by atoms with van der Waals surface area (Å²) in [6.45, 7) is 19.8. The normalized spacial score (nSPS) is 13.2. The first-order valence-corrected chi connectivity index (χ1v) is 24.6. The lowest BCUT2D eigenvalue weighted by Crippen LogP contribution is -2.40. The summed E-state index contributed by atoms with van der Waals surface area (Å²) < 4.78 is 22.9. The number of imide groups is 1. The summed E-state index contributed by atoms with van der Waals surface area (Å²) in [7, 11) is 0. The van der Waals surface area contributed by atoms with E-state index < -0.39 is 5.91 Å². The topological polar surface area (TPSA) is 189 Å². The van der Waals surface area contributed by atoms with Crippen LogP contribution >= 0.6 is 0 Å². The number of benzene rings is 4. The minimum absolute atomic E-state index is 0.0673. The van der Waals surface area contributed by atoms with Gasteiger partial charge in [-0.3, -0.25) is 29.3 Å². The molecule has 13 nitrogen and oxygen atoms in total. The first-order valence-electron chi connectivity index (χ1n) is 24.6. The van der Waals surface area contributed by atoms with Crippen molar-refractivity contribution in [1.29, 1.82) is 0 Å². The van der Waals surface area contributed by atoms with Crippen LogP contribution in [0.5, 0.6) is 5.75 Å². The zero-order chi connectivity index (χ0) is 51.2. The molecule has 1 atom stereocenters. The van der Waals surface area contributed by atoms with Crippen molar-refractivity contribution in [3.05, 3.63) is 124 Å². The van der Waals surface area contributed by atoms with Gasteiger partial charge in [-0.15, -0.1) is 0 Å². The highest BCUT2D eigenvalue weighted by atomic mass is 16.5. The Morgan fingerprint density at radius 1 is 0.843 bits per heavy atom. The van der Waals surface area contributed by atoms with E-state index >= 15 is 0 Å². The molecular weight excluding hydrogens is 885 g/mol. The number of rotatable bonds is 22. The summed E-state index contributed by atoms with van der Waals surface area (Å²) in [5, 5.41) is 9.17. The second kappa shape index (κ2) is 29.0. The van der Waals surface area contributed by atoms with E-state index in [9.17, 15) is 24.0 Å². The third kappa shape index (κ3) is 17.0. The van der Waals surface area contributed by atoms with Crippen LogP contribution in [-0.4, -0.2) is 74.0 Å². The SMILES string of the molecule is CC(=O)c1cccc(NC(=O)COCCCOCCCCOc2ccc(C)c(-c3c(CCN)cc(-c4c(C)noc4C)cc3C(C)C)c2)c1C(C)=O.CCC1CCC(=O)NC1=O.CCc1ccccc1. The Morgan fingerprint density at radius 3 is 2.17 bits per heavy atom. The Balaban J connectivity index is 0.000000489. The van der Waals surface area contributed by atoms with Crippen LogP contribution in [0.4, 0.5) is 5.69 Å². The molecule has 0 spiro atoms. The van der Waals surface area contributed by atoms with Crippen LogP contribution in [0, 0.1) is 26.7 Å². The van der Waals surface area contributed by atoms with Crippen molar-refractivity contribution in [1.82, 2.24) is 10.5 Å². The Kier molecular flexibility index (Phi) is 23.4. The second-order valence-electron chi connectivity index (χ2n) is 17.8. The number of carbonyl (C=O) groups excluding carboxylic acids is 5. The van der Waals surface area contributed by atoms with Gasteiger partial charge < -0.3 is 29.8 Å². The fourth-order valence-corrected chi connectivity index (χ4v) is 8.25. The second-order valence-corrected chi connectivity index (χ2v) is 17.8. The van der Waals surface area contributed by atoms with E-state index in [1.807, 2.05) is 32.9 Å². The Labute approximate surface area is 414 Å². The quantitative estimate of drug-likeness (QED) is 0.0340. The molecule has 5 aromatic rings. The molecule has 4 aromatic carbocycles. The summed E-state index contributed by atoms with van der Waals surface area (Å²) in [6, 6.07) is 26.1. The number of ether oxygens (including phenoxy) is 3. The third-order valence-electron chi connectivity index (χ3n) is 12.0. The molecule has 0 aliphatic carbocycles. The lowest BCUT2D eigenvalue weighted by atomic mass is 9.83. The number of anilines is 1. The minimum atomic E-state index is -0.396. The Morgan fingerprint density at radius 2 is 1.56 bits per heavy atom. The molecule has 13 heteroatoms. The Bertz CT molecular complexity index is 2490. The summed E-state index contributed by atoms with van der Waals surface area (Å²) in [5.74, 6) is 0.834. The standard InChI is InChI=1S/C42H53N3O7.C8H10.C7H11NO2/c1-26(2)36-23-33(40-28(4)45-52-31(40)7)22-32(16-17-43)42(36)37-24-34(15-14-27(37)3)51-21-9-8-18-49-19-11-20-50-25-39(48)44-38-13-10-12-35(29(5)46)41(38)30(6)47;1-2-8-6-4-3-5-7-8;1-2-5-3-4-6(9)8-7(5)10/h10,12-15,22-24,26H,8-9,11,16-21,25,43H2,1-7H3,(H,44,48);3-7H,2H2,1H3;5H,2-4H2,1H3,(H,8,9,10). The number of unbranched alkanes of at least 4 members (excludes halogenated alkanes) is 1. The predicted molar refractivity (Wildman–Crippen MR) is 276 cm³/mol. The van der Waals surface area contributed by atoms with E-state index in [1.165, 1.54) is 41.7 Å². The molecule has 1 saturated heterocycles. The molecule has 3 amide bonds. The van der Waals surface area contributed by atoms with Crippen molar-refractivity contribution in [2.24, 2.45) is 11.7 Å². The maximum absolute atomic E-state index is 12.4. The van der Waals surface area contributed by atoms with Crippen LogP contribution in [0.25, 0.3) is 22.3 Å². The Hall–Kier alpha value is -6.28. The van der Waals surface area contributed by atoms with Crippen molar-refractivity contribution >= 4 is 35.0 Å². The van der Waals surface area contributed by atoms with Gasteiger partial charge in [0.2, 0.25) is 17.7 Å². The van der Waals surface area contributed by atoms with E-state index in [2.05, 4.69) is 92.0 Å². The van der Waals surface area contributed by atoms with E-state index in [4.69, 9.17) is 24.5 Å². The van der Waals surface area contributed by atoms with E-state index in [0.717, 1.165) is 72.4 Å². The van der Waals surface area contributed by atoms with Gasteiger partial charge in [-0.25, -0.2) is 0 Å². The summed E-state index contributed by atoms with van der Waals surface area (Å²) in [6.07, 6.45) is 6.28. The minimum Gasteiger partial charge on any atom is -0.494 e. The number of aromatic nitrogens is 1. The average molecular weight is 959 g/mol. The van der Waals surface area contributed by atoms with Crippen molar-refractivity contribution in [3.8, 4) is 28.0 Å². The number of Topliss-reactive ketones (excluding diaryl/α,β-unsaturated/α-hetero) is 2. The molecule has 70 heavy (non-hydrogen) atoms. The van der Waals surface area contributed by atoms with Crippen LogP contribution in [-0.2, 0) is 36.7 Å². The van der Waals surface area contributed by atoms with Gasteiger partial charge >= 0.3 is 0 Å². The molecule has 2 heterocycles. The number of hydrogen-bond acceptors (Lipinski definition) is 11. The lowest BCUT2D eigenvalue weighted by molar-refractivity contribution is -0.136. The lowest BCUT2D eigenvalue weighted by Gasteiger charge is -2.22. The van der Waals surface area contributed by atoms with Gasteiger partial charge in [0, 0.05) is 43.3 Å². The van der Waals surface area contributed by atoms with E-state index in [0.29, 0.717) is 51.5 Å². The summed E-state index contributed by atoms with van der Waals surface area (Å²) in [5.41, 5.74) is 17.4. The molecule has 1 aliphatic rings. The van der Waals surface area contributed by atoms with Crippen LogP contribution in [0.1, 0.15) is 140 Å². The molecule has 376 valence electrons. The number of nitrogens with two attached hydrogens (primary N) is 1. The van der Waals surface area contributed by atoms with Gasteiger partial charge in [0.05, 0.1) is 23.6 Å². The first kappa shape index (κ1) is 56.3. The van der Waals surface area contributed by atoms with Crippen LogP contribution in [0.15, 0.2) is 83.4 Å². The number of piperidine rings is 1. The monoisotopic (exact) mass is 959 g/mol. The largest absolute Gasteiger partial charge is 0.494 e. The van der Waals surface area contributed by atoms with E-state index in [-0.39, 0.29) is 53.0 Å². The molecule has 4 N–H and O–H groups in total. The summed E-state index contributed by atoms with van der Waals surface area (Å²) >= 11 is 0. The maximum Gasteiger partial charge on any atom is 0.250 e. The zero-order valence-corrected chi connectivity index (χ0v) is 42.8. The number of amides is 3. The van der Waals surface area contributed by atoms with Crippen LogP contribution < -0.4 is 21.1 Å². The van der Waals surface area contributed by atoms with Gasteiger partial charge in [-0.2, -0.15) is 0 Å². The van der Waals surface area contributed by atoms with Crippen molar-refractivity contribution in [3.63, 3.8) is 0 Å². The molecule has 1 aromatic heterocycles. The molecular formula is C57H74N4O9. The van der Waals surface area contributed by atoms with Crippen LogP contribution in [0.2, 0.25) is 0 Å². The number of carbonyl (C=O) groups is 5. The third-order valence-corrected chi connectivity index (χ3v) is 12.0. The first-order chi connectivity index (χ1) is 33.6. The fourth-order valence-electron chi connectivity index (χ4n) is 8.25. The molecule has 1 fully saturated rings. The molecule has 0 bridgehead atoms. The van der Waals surface area contributed by atoms with Gasteiger partial charge in [0.1, 0.15) is 18.1 Å². The number of hydrogen-bond donors (Lipinski definition) is 3. The van der Waals surface area contributed by atoms with Gasteiger partial charge in [0.15, 0.2) is 11.6 Å². The number of nitrogens with one attached hydrogen (secondary N) is 2. The van der Waals surface area contributed by atoms with Gasteiger partial charge in [0.25, 0.3) is 0 Å². The van der Waals surface area contributed by atoms with Gasteiger partial charge in [-0.05, 0) is 149 Å². The molecule has 6 rings (SSSR count). The highest BCUT2D eigenvalue weighted by Crippen LogP contribution is 2.41. The summed E-state index contributed by atoms with van der Waals surface area (Å²) in [4.78, 5) is 57.9. The van der Waals surface area contributed by atoms with Crippen molar-refractivity contribution in [2.75, 3.05) is 44.9 Å². The molecule has 1 aliphatic heterocycles. The van der Waals surface area contributed by atoms with Gasteiger partial charge in [-0.1, -0.05) is 93.5 Å². The van der Waals surface area contributed by atoms with E-state index in [1.54, 1.807) is 18.2 Å². The smallest absolute Gasteiger partial charge is 0.250 e. The zero-order valence-electron chi connectivity index (χ0n) is 42.8. The van der Waals surface area contributed by atoms with Crippen molar-refractivity contribution in [2.45, 2.75) is 120 Å². The number of aryl methyl sites for hydroxylation is 4. The van der Waals surface area contributed by atoms with Crippen molar-refractivity contribution < 1.29 is 42.7 Å². The molecule has 0 radical (unpaired) electrons. The average Bonchev–Trinajstić information content (AvgIpc) is 3.68. The molecule has 0 saturated carbocycles. The number of ketones is 2. The van der Waals surface area contributed by atoms with Crippen LogP contribution in [0.3, 0.4) is 0 Å².